The summed E-state index contributed by atoms with van der Waals surface area (Å²) in [4.78, 5) is 12.4. The number of hydrazone groups is 1. The molecule has 0 radical (unpaired) electrons. The molecule has 3 rings (SSSR count). The van der Waals surface area contributed by atoms with Crippen LogP contribution in [0.15, 0.2) is 70.2 Å². The second-order valence-electron chi connectivity index (χ2n) is 6.74. The number of rotatable bonds is 7. The minimum Gasteiger partial charge on any atom is -0.317 e. The zero-order valence-corrected chi connectivity index (χ0v) is 19.1. The Morgan fingerprint density at radius 2 is 1.72 bits per heavy atom. The number of thioether (sulfide) groups is 1. The van der Waals surface area contributed by atoms with E-state index in [1.807, 2.05) is 50.2 Å². The van der Waals surface area contributed by atoms with Crippen LogP contribution in [-0.2, 0) is 10.5 Å². The lowest BCUT2D eigenvalue weighted by atomic mass is 10.2. The van der Waals surface area contributed by atoms with Crippen LogP contribution in [0, 0.1) is 13.8 Å². The van der Waals surface area contributed by atoms with Gasteiger partial charge in [-0.25, -0.2) is 5.43 Å². The number of nitrogens with zero attached hydrogens (tertiary/aromatic N) is 2. The summed E-state index contributed by atoms with van der Waals surface area (Å²) in [5.41, 5.74) is 8.08. The number of halogens is 1. The summed E-state index contributed by atoms with van der Waals surface area (Å²) in [6.07, 6.45) is 1.71. The van der Waals surface area contributed by atoms with Gasteiger partial charge in [0.1, 0.15) is 0 Å². The summed E-state index contributed by atoms with van der Waals surface area (Å²) in [7, 11) is 0. The first-order valence-electron chi connectivity index (χ1n) is 9.40. The number of hydrogen-bond donors (Lipinski definition) is 1. The summed E-state index contributed by atoms with van der Waals surface area (Å²) in [6.45, 7) is 6.00. The average Bonchev–Trinajstić information content (AvgIpc) is 2.96. The van der Waals surface area contributed by atoms with Crippen LogP contribution in [0.3, 0.4) is 0 Å². The molecule has 0 saturated heterocycles. The van der Waals surface area contributed by atoms with Gasteiger partial charge in [0.05, 0.1) is 11.5 Å². The summed E-state index contributed by atoms with van der Waals surface area (Å²) in [5, 5.41) is 4.02. The Morgan fingerprint density at radius 1 is 1.10 bits per heavy atom. The maximum absolute atomic E-state index is 12.4. The highest BCUT2D eigenvalue weighted by Gasteiger charge is 2.16. The molecular weight excluding hydrogens is 446 g/mol. The van der Waals surface area contributed by atoms with Gasteiger partial charge in [-0.05, 0) is 54.4 Å². The third kappa shape index (κ3) is 5.19. The number of aromatic nitrogens is 1. The van der Waals surface area contributed by atoms with Crippen LogP contribution in [0.2, 0.25) is 0 Å². The molecule has 29 heavy (non-hydrogen) atoms. The molecule has 0 bridgehead atoms. The molecule has 0 spiro atoms. The van der Waals surface area contributed by atoms with Crippen molar-refractivity contribution in [3.05, 3.63) is 87.7 Å². The molecule has 0 fully saturated rings. The van der Waals surface area contributed by atoms with Crippen LogP contribution in [0.1, 0.15) is 29.4 Å². The van der Waals surface area contributed by atoms with Crippen LogP contribution >= 0.6 is 27.7 Å². The first-order chi connectivity index (χ1) is 14.0. The Morgan fingerprint density at radius 3 is 2.38 bits per heavy atom. The molecule has 0 unspecified atom stereocenters. The van der Waals surface area contributed by atoms with Gasteiger partial charge < -0.3 is 4.57 Å². The molecule has 1 atom stereocenters. The average molecular weight is 470 g/mol. The predicted molar refractivity (Wildman–Crippen MR) is 126 cm³/mol. The number of hydrogen-bond acceptors (Lipinski definition) is 3. The number of carbonyl (C=O) groups is 1. The summed E-state index contributed by atoms with van der Waals surface area (Å²) in [6, 6.07) is 20.3. The normalized spacial score (nSPS) is 12.3. The molecule has 0 aliphatic rings. The van der Waals surface area contributed by atoms with Gasteiger partial charge in [-0.1, -0.05) is 48.5 Å². The Hall–Kier alpha value is -2.31. The van der Waals surface area contributed by atoms with Gasteiger partial charge in [0.15, 0.2) is 0 Å². The minimum absolute atomic E-state index is 0.102. The number of carbonyl (C=O) groups excluding carboxylic acids is 1. The maximum Gasteiger partial charge on any atom is 0.252 e. The van der Waals surface area contributed by atoms with E-state index in [0.717, 1.165) is 32.9 Å². The van der Waals surface area contributed by atoms with E-state index in [2.05, 4.69) is 62.2 Å². The van der Waals surface area contributed by atoms with E-state index in [4.69, 9.17) is 0 Å². The van der Waals surface area contributed by atoms with Gasteiger partial charge in [0.2, 0.25) is 0 Å². The SMILES string of the molecule is Cc1c(Br)c(/C=N\NC(=O)[C@@H](C)SCc2ccccc2)c(C)n1-c1ccccc1. The highest BCUT2D eigenvalue weighted by atomic mass is 79.9. The standard InChI is InChI=1S/C23H24BrN3OS/c1-16-21(22(24)17(2)27(16)20-12-8-5-9-13-20)14-25-26-23(28)18(3)29-15-19-10-6-4-7-11-19/h4-14,18H,15H2,1-3H3,(H,26,28)/b25-14-/t18-/m1/s1. The van der Waals surface area contributed by atoms with Crippen molar-refractivity contribution in [3.63, 3.8) is 0 Å². The molecule has 1 heterocycles. The topological polar surface area (TPSA) is 46.4 Å². The number of amides is 1. The van der Waals surface area contributed by atoms with E-state index in [9.17, 15) is 4.79 Å². The lowest BCUT2D eigenvalue weighted by molar-refractivity contribution is -0.120. The van der Waals surface area contributed by atoms with Gasteiger partial charge >= 0.3 is 0 Å². The van der Waals surface area contributed by atoms with Crippen molar-refractivity contribution >= 4 is 39.8 Å². The van der Waals surface area contributed by atoms with E-state index < -0.39 is 0 Å². The van der Waals surface area contributed by atoms with Crippen molar-refractivity contribution in [2.75, 3.05) is 0 Å². The lowest BCUT2D eigenvalue weighted by Gasteiger charge is -2.09. The first-order valence-corrected chi connectivity index (χ1v) is 11.2. The lowest BCUT2D eigenvalue weighted by Crippen LogP contribution is -2.27. The van der Waals surface area contributed by atoms with E-state index in [0.29, 0.717) is 0 Å². The maximum atomic E-state index is 12.4. The molecule has 0 aliphatic carbocycles. The van der Waals surface area contributed by atoms with Crippen molar-refractivity contribution in [1.82, 2.24) is 9.99 Å². The Balaban J connectivity index is 1.65. The zero-order valence-electron chi connectivity index (χ0n) is 16.7. The van der Waals surface area contributed by atoms with Crippen LogP contribution in [0.4, 0.5) is 0 Å². The first kappa shape index (κ1) is 21.4. The number of nitrogens with one attached hydrogen (secondary N) is 1. The summed E-state index contributed by atoms with van der Waals surface area (Å²) < 4.78 is 3.15. The Kier molecular flexibility index (Phi) is 7.34. The molecular formula is C23H24BrN3OS. The van der Waals surface area contributed by atoms with Crippen molar-refractivity contribution in [1.29, 1.82) is 0 Å². The van der Waals surface area contributed by atoms with Crippen molar-refractivity contribution in [3.8, 4) is 5.69 Å². The van der Waals surface area contributed by atoms with Gasteiger partial charge in [0, 0.05) is 32.9 Å². The second kappa shape index (κ2) is 9.94. The molecule has 6 heteroatoms. The fourth-order valence-electron chi connectivity index (χ4n) is 3.06. The molecule has 0 aliphatic heterocycles. The highest BCUT2D eigenvalue weighted by molar-refractivity contribution is 9.10. The zero-order chi connectivity index (χ0) is 20.8. The van der Waals surface area contributed by atoms with Crippen LogP contribution in [0.5, 0.6) is 0 Å². The molecule has 1 aromatic heterocycles. The Labute approximate surface area is 184 Å². The Bertz CT molecular complexity index is 1000. The molecule has 2 aromatic carbocycles. The van der Waals surface area contributed by atoms with Gasteiger partial charge in [0.25, 0.3) is 5.91 Å². The van der Waals surface area contributed by atoms with Gasteiger partial charge in [-0.2, -0.15) is 5.10 Å². The van der Waals surface area contributed by atoms with Crippen molar-refractivity contribution < 1.29 is 4.79 Å². The fraction of sp³-hybridized carbons (Fsp3) is 0.217. The summed E-state index contributed by atoms with van der Waals surface area (Å²) >= 11 is 5.26. The van der Waals surface area contributed by atoms with Crippen molar-refractivity contribution in [2.24, 2.45) is 5.10 Å². The van der Waals surface area contributed by atoms with E-state index in [1.165, 1.54) is 5.56 Å². The molecule has 3 aromatic rings. The van der Waals surface area contributed by atoms with Crippen LogP contribution in [-0.4, -0.2) is 21.9 Å². The molecule has 1 N–H and O–H groups in total. The van der Waals surface area contributed by atoms with E-state index >= 15 is 0 Å². The van der Waals surface area contributed by atoms with Gasteiger partial charge in [-0.3, -0.25) is 4.79 Å². The van der Waals surface area contributed by atoms with Gasteiger partial charge in [-0.15, -0.1) is 11.8 Å². The smallest absolute Gasteiger partial charge is 0.252 e. The molecule has 1 amide bonds. The van der Waals surface area contributed by atoms with E-state index in [1.54, 1.807) is 18.0 Å². The highest BCUT2D eigenvalue weighted by Crippen LogP contribution is 2.29. The van der Waals surface area contributed by atoms with Crippen molar-refractivity contribution in [2.45, 2.75) is 31.8 Å². The predicted octanol–water partition coefficient (Wildman–Crippen LogP) is 5.63. The quantitative estimate of drug-likeness (QED) is 0.360. The summed E-state index contributed by atoms with van der Waals surface area (Å²) in [5.74, 6) is 0.693. The molecule has 150 valence electrons. The van der Waals surface area contributed by atoms with Crippen LogP contribution < -0.4 is 5.43 Å². The van der Waals surface area contributed by atoms with Crippen LogP contribution in [0.25, 0.3) is 5.69 Å². The number of para-hydroxylation sites is 1. The fourth-order valence-corrected chi connectivity index (χ4v) is 4.47. The minimum atomic E-state index is -0.187. The molecule has 0 saturated carbocycles. The number of benzene rings is 2. The van der Waals surface area contributed by atoms with E-state index in [-0.39, 0.29) is 11.2 Å². The largest absolute Gasteiger partial charge is 0.317 e. The monoisotopic (exact) mass is 469 g/mol. The third-order valence-electron chi connectivity index (χ3n) is 4.71. The second-order valence-corrected chi connectivity index (χ2v) is 8.86. The molecule has 4 nitrogen and oxygen atoms in total. The third-order valence-corrected chi connectivity index (χ3v) is 6.92.